The Balaban J connectivity index is 2.22. The van der Waals surface area contributed by atoms with Crippen LogP contribution in [0.15, 0.2) is 36.4 Å². The van der Waals surface area contributed by atoms with Gasteiger partial charge in [0.15, 0.2) is 0 Å². The molecule has 0 heterocycles. The fourth-order valence-corrected chi connectivity index (χ4v) is 2.46. The van der Waals surface area contributed by atoms with E-state index in [9.17, 15) is 0 Å². The van der Waals surface area contributed by atoms with Crippen molar-refractivity contribution in [3.63, 3.8) is 0 Å². The van der Waals surface area contributed by atoms with Crippen LogP contribution in [0.2, 0.25) is 15.1 Å². The molecule has 0 radical (unpaired) electrons. The highest BCUT2D eigenvalue weighted by Gasteiger charge is 2.11. The third-order valence-electron chi connectivity index (χ3n) is 3.06. The van der Waals surface area contributed by atoms with Crippen LogP contribution in [0.4, 0.5) is 0 Å². The first-order valence-electron chi connectivity index (χ1n) is 5.93. The Labute approximate surface area is 128 Å². The van der Waals surface area contributed by atoms with Gasteiger partial charge in [0.05, 0.1) is 0 Å². The van der Waals surface area contributed by atoms with Crippen LogP contribution < -0.4 is 5.73 Å². The monoisotopic (exact) mass is 313 g/mol. The van der Waals surface area contributed by atoms with E-state index in [0.29, 0.717) is 16.5 Å². The topological polar surface area (TPSA) is 26.0 Å². The van der Waals surface area contributed by atoms with E-state index in [1.807, 2.05) is 31.2 Å². The summed E-state index contributed by atoms with van der Waals surface area (Å²) in [5.41, 5.74) is 9.23. The third kappa shape index (κ3) is 3.64. The molecule has 0 aliphatic heterocycles. The molecule has 1 nitrogen and oxygen atoms in total. The minimum absolute atomic E-state index is 0.132. The Morgan fingerprint density at radius 1 is 1.00 bits per heavy atom. The van der Waals surface area contributed by atoms with Crippen LogP contribution in [0.1, 0.15) is 22.7 Å². The lowest BCUT2D eigenvalue weighted by atomic mass is 9.98. The van der Waals surface area contributed by atoms with Crippen LogP contribution in [0.5, 0.6) is 0 Å². The zero-order valence-electron chi connectivity index (χ0n) is 10.5. The Bertz CT molecular complexity index is 596. The van der Waals surface area contributed by atoms with Gasteiger partial charge in [0.25, 0.3) is 0 Å². The zero-order chi connectivity index (χ0) is 14.0. The number of nitrogens with two attached hydrogens (primary N) is 1. The largest absolute Gasteiger partial charge is 0.324 e. The van der Waals surface area contributed by atoms with Crippen LogP contribution in [0, 0.1) is 6.92 Å². The highest BCUT2D eigenvalue weighted by atomic mass is 35.5. The summed E-state index contributed by atoms with van der Waals surface area (Å²) in [5, 5.41) is 2.10. The van der Waals surface area contributed by atoms with Crippen molar-refractivity contribution in [3.8, 4) is 0 Å². The van der Waals surface area contributed by atoms with Crippen LogP contribution in [0.25, 0.3) is 0 Å². The fourth-order valence-electron chi connectivity index (χ4n) is 1.95. The van der Waals surface area contributed by atoms with E-state index in [1.54, 1.807) is 12.1 Å². The SMILES string of the molecule is Cc1cc(C(N)Cc2cc(Cl)ccc2Cl)ccc1Cl. The average molecular weight is 315 g/mol. The van der Waals surface area contributed by atoms with Crippen LogP contribution >= 0.6 is 34.8 Å². The molecule has 0 saturated carbocycles. The van der Waals surface area contributed by atoms with Gasteiger partial charge in [0, 0.05) is 21.1 Å². The molecule has 0 aromatic heterocycles. The van der Waals surface area contributed by atoms with Gasteiger partial charge in [-0.05, 0) is 54.3 Å². The summed E-state index contributed by atoms with van der Waals surface area (Å²) in [6.07, 6.45) is 0.639. The molecule has 2 aromatic carbocycles. The average Bonchev–Trinajstić information content (AvgIpc) is 2.37. The first kappa shape index (κ1) is 14.7. The Morgan fingerprint density at radius 2 is 1.68 bits per heavy atom. The molecule has 0 aliphatic carbocycles. The second-order valence-electron chi connectivity index (χ2n) is 4.55. The maximum atomic E-state index is 6.22. The van der Waals surface area contributed by atoms with E-state index >= 15 is 0 Å². The van der Waals surface area contributed by atoms with E-state index in [-0.39, 0.29) is 6.04 Å². The second kappa shape index (κ2) is 6.15. The van der Waals surface area contributed by atoms with Gasteiger partial charge < -0.3 is 5.73 Å². The molecule has 2 N–H and O–H groups in total. The highest BCUT2D eigenvalue weighted by Crippen LogP contribution is 2.26. The van der Waals surface area contributed by atoms with E-state index < -0.39 is 0 Å². The quantitative estimate of drug-likeness (QED) is 0.828. The maximum Gasteiger partial charge on any atom is 0.0439 e. The molecule has 1 unspecified atom stereocenters. The second-order valence-corrected chi connectivity index (χ2v) is 5.81. The number of benzene rings is 2. The van der Waals surface area contributed by atoms with Gasteiger partial charge in [-0.3, -0.25) is 0 Å². The zero-order valence-corrected chi connectivity index (χ0v) is 12.7. The molecule has 2 aromatic rings. The van der Waals surface area contributed by atoms with Gasteiger partial charge in [-0.15, -0.1) is 0 Å². The fraction of sp³-hybridized carbons (Fsp3) is 0.200. The van der Waals surface area contributed by atoms with Gasteiger partial charge in [0.2, 0.25) is 0 Å². The minimum atomic E-state index is -0.132. The molecule has 0 aliphatic rings. The first-order valence-corrected chi connectivity index (χ1v) is 7.06. The molecule has 0 spiro atoms. The first-order chi connectivity index (χ1) is 8.97. The van der Waals surface area contributed by atoms with Crippen molar-refractivity contribution in [2.24, 2.45) is 5.73 Å². The number of hydrogen-bond donors (Lipinski definition) is 1. The number of halogens is 3. The highest BCUT2D eigenvalue weighted by molar-refractivity contribution is 6.33. The van der Waals surface area contributed by atoms with Crippen LogP contribution in [-0.4, -0.2) is 0 Å². The Kier molecular flexibility index (Phi) is 4.75. The van der Waals surface area contributed by atoms with E-state index in [1.165, 1.54) is 0 Å². The van der Waals surface area contributed by atoms with Gasteiger partial charge in [0.1, 0.15) is 0 Å². The number of aryl methyl sites for hydroxylation is 1. The summed E-state index contributed by atoms with van der Waals surface area (Å²) in [7, 11) is 0. The molecule has 1 atom stereocenters. The molecule has 0 saturated heterocycles. The summed E-state index contributed by atoms with van der Waals surface area (Å²) in [6, 6.07) is 11.1. The molecular weight excluding hydrogens is 301 g/mol. The van der Waals surface area contributed by atoms with Crippen molar-refractivity contribution < 1.29 is 0 Å². The summed E-state index contributed by atoms with van der Waals surface area (Å²) >= 11 is 18.1. The van der Waals surface area contributed by atoms with Gasteiger partial charge in [-0.25, -0.2) is 0 Å². The summed E-state index contributed by atoms with van der Waals surface area (Å²) < 4.78 is 0. The van der Waals surface area contributed by atoms with Crippen LogP contribution in [0.3, 0.4) is 0 Å². The van der Waals surface area contributed by atoms with E-state index in [2.05, 4.69) is 0 Å². The molecular formula is C15H14Cl3N. The molecule has 0 amide bonds. The maximum absolute atomic E-state index is 6.22. The van der Waals surface area contributed by atoms with Crippen molar-refractivity contribution in [1.29, 1.82) is 0 Å². The van der Waals surface area contributed by atoms with Crippen molar-refractivity contribution in [2.75, 3.05) is 0 Å². The van der Waals surface area contributed by atoms with Crippen LogP contribution in [-0.2, 0) is 6.42 Å². The number of hydrogen-bond acceptors (Lipinski definition) is 1. The smallest absolute Gasteiger partial charge is 0.0439 e. The Morgan fingerprint density at radius 3 is 2.37 bits per heavy atom. The molecule has 19 heavy (non-hydrogen) atoms. The normalized spacial score (nSPS) is 12.5. The van der Waals surface area contributed by atoms with E-state index in [0.717, 1.165) is 21.7 Å². The Hall–Kier alpha value is -0.730. The predicted octanol–water partition coefficient (Wildman–Crippen LogP) is 5.20. The van der Waals surface area contributed by atoms with Crippen molar-refractivity contribution in [1.82, 2.24) is 0 Å². The molecule has 2 rings (SSSR count). The molecule has 4 heteroatoms. The summed E-state index contributed by atoms with van der Waals surface area (Å²) in [5.74, 6) is 0. The number of rotatable bonds is 3. The summed E-state index contributed by atoms with van der Waals surface area (Å²) in [6.45, 7) is 1.96. The van der Waals surface area contributed by atoms with Gasteiger partial charge in [-0.2, -0.15) is 0 Å². The van der Waals surface area contributed by atoms with E-state index in [4.69, 9.17) is 40.5 Å². The van der Waals surface area contributed by atoms with Crippen molar-refractivity contribution >= 4 is 34.8 Å². The molecule has 0 bridgehead atoms. The minimum Gasteiger partial charge on any atom is -0.324 e. The lowest BCUT2D eigenvalue weighted by molar-refractivity contribution is 0.721. The summed E-state index contributed by atoms with van der Waals surface area (Å²) in [4.78, 5) is 0. The van der Waals surface area contributed by atoms with Crippen molar-refractivity contribution in [3.05, 3.63) is 68.2 Å². The van der Waals surface area contributed by atoms with Gasteiger partial charge >= 0.3 is 0 Å². The van der Waals surface area contributed by atoms with Gasteiger partial charge in [-0.1, -0.05) is 46.9 Å². The lowest BCUT2D eigenvalue weighted by Crippen LogP contribution is -2.13. The predicted molar refractivity (Wildman–Crippen MR) is 83.3 cm³/mol. The molecule has 100 valence electrons. The van der Waals surface area contributed by atoms with Crippen molar-refractivity contribution in [2.45, 2.75) is 19.4 Å². The lowest BCUT2D eigenvalue weighted by Gasteiger charge is -2.14. The standard InChI is InChI=1S/C15H14Cl3N/c1-9-6-10(2-4-13(9)17)15(19)8-11-7-12(16)3-5-14(11)18/h2-7,15H,8,19H2,1H3. The third-order valence-corrected chi connectivity index (χ3v) is 4.09. The molecule has 0 fully saturated rings.